The van der Waals surface area contributed by atoms with E-state index < -0.39 is 0 Å². The zero-order chi connectivity index (χ0) is 14.5. The first-order chi connectivity index (χ1) is 9.56. The summed E-state index contributed by atoms with van der Waals surface area (Å²) in [7, 11) is 0. The number of anilines is 1. The molecule has 1 fully saturated rings. The summed E-state index contributed by atoms with van der Waals surface area (Å²) < 4.78 is 5.58. The minimum atomic E-state index is -0.0277. The highest BCUT2D eigenvalue weighted by molar-refractivity contribution is 7.80. The summed E-state index contributed by atoms with van der Waals surface area (Å²) >= 11 is 4.95. The van der Waals surface area contributed by atoms with Crippen LogP contribution in [0, 0.1) is 6.92 Å². The van der Waals surface area contributed by atoms with Crippen molar-refractivity contribution in [3.05, 3.63) is 29.3 Å². The lowest BCUT2D eigenvalue weighted by atomic mass is 10.1. The van der Waals surface area contributed by atoms with E-state index in [2.05, 4.69) is 5.32 Å². The Labute approximate surface area is 124 Å². The number of nitrogens with one attached hydrogen (secondary N) is 1. The largest absolute Gasteiger partial charge is 0.389 e. The molecule has 1 heterocycles. The van der Waals surface area contributed by atoms with Crippen LogP contribution in [0.3, 0.4) is 0 Å². The minimum absolute atomic E-state index is 0.0277. The van der Waals surface area contributed by atoms with Crippen molar-refractivity contribution in [2.75, 3.05) is 11.9 Å². The number of aryl methyl sites for hydroxylation is 1. The number of thiocarbonyl (C=S) groups is 1. The van der Waals surface area contributed by atoms with E-state index in [1.165, 1.54) is 0 Å². The number of amides is 1. The highest BCUT2D eigenvalue weighted by atomic mass is 32.1. The Kier molecular flexibility index (Phi) is 5.09. The van der Waals surface area contributed by atoms with E-state index in [4.69, 9.17) is 22.7 Å². The third-order valence-corrected chi connectivity index (χ3v) is 3.72. The first kappa shape index (κ1) is 14.9. The molecule has 0 radical (unpaired) electrons. The number of carbonyl (C=O) groups excluding carboxylic acids is 1. The molecular formula is C15H20N2O2S. The van der Waals surface area contributed by atoms with Gasteiger partial charge in [0.25, 0.3) is 0 Å². The molecule has 0 bridgehead atoms. The Bertz CT molecular complexity index is 511. The van der Waals surface area contributed by atoms with Crippen LogP contribution in [0.15, 0.2) is 18.2 Å². The second-order valence-corrected chi connectivity index (χ2v) is 5.57. The summed E-state index contributed by atoms with van der Waals surface area (Å²) in [5, 5.41) is 2.92. The fourth-order valence-electron chi connectivity index (χ4n) is 2.29. The fraction of sp³-hybridized carbons (Fsp3) is 0.467. The number of benzene rings is 1. The molecule has 0 saturated carbocycles. The van der Waals surface area contributed by atoms with Gasteiger partial charge in [-0.3, -0.25) is 4.79 Å². The number of carbonyl (C=O) groups is 1. The summed E-state index contributed by atoms with van der Waals surface area (Å²) in [6, 6.07) is 5.58. The molecule has 1 aromatic carbocycles. The van der Waals surface area contributed by atoms with E-state index in [0.29, 0.717) is 11.4 Å². The van der Waals surface area contributed by atoms with Crippen molar-refractivity contribution in [1.82, 2.24) is 0 Å². The summed E-state index contributed by atoms with van der Waals surface area (Å²) in [6.07, 6.45) is 3.62. The second-order valence-electron chi connectivity index (χ2n) is 5.13. The lowest BCUT2D eigenvalue weighted by Gasteiger charge is -2.22. The van der Waals surface area contributed by atoms with Crippen LogP contribution in [0.4, 0.5) is 5.69 Å². The number of rotatable bonds is 4. The predicted octanol–water partition coefficient (Wildman–Crippen LogP) is 2.53. The van der Waals surface area contributed by atoms with Crippen molar-refractivity contribution in [2.24, 2.45) is 5.73 Å². The first-order valence-corrected chi connectivity index (χ1v) is 7.29. The molecule has 1 aliphatic rings. The van der Waals surface area contributed by atoms with Crippen LogP contribution in [0.5, 0.6) is 0 Å². The maximum absolute atomic E-state index is 12.1. The van der Waals surface area contributed by atoms with Gasteiger partial charge in [0.15, 0.2) is 0 Å². The van der Waals surface area contributed by atoms with Crippen molar-refractivity contribution in [3.8, 4) is 0 Å². The summed E-state index contributed by atoms with van der Waals surface area (Å²) in [5.41, 5.74) is 8.12. The molecule has 4 nitrogen and oxygen atoms in total. The number of hydrogen-bond acceptors (Lipinski definition) is 3. The van der Waals surface area contributed by atoms with Crippen molar-refractivity contribution < 1.29 is 9.53 Å². The minimum Gasteiger partial charge on any atom is -0.389 e. The molecule has 0 aliphatic carbocycles. The Morgan fingerprint density at radius 1 is 1.50 bits per heavy atom. The van der Waals surface area contributed by atoms with Crippen LogP contribution in [0.2, 0.25) is 0 Å². The third-order valence-electron chi connectivity index (χ3n) is 3.48. The zero-order valence-electron chi connectivity index (χ0n) is 11.6. The Morgan fingerprint density at radius 2 is 2.30 bits per heavy atom. The molecule has 5 heteroatoms. The molecule has 1 aromatic rings. The van der Waals surface area contributed by atoms with Gasteiger partial charge in [0.05, 0.1) is 12.5 Å². The number of ether oxygens (including phenoxy) is 1. The SMILES string of the molecule is Cc1ccc(C(N)=S)cc1NC(=O)CC1CCCCO1. The normalized spacial score (nSPS) is 18.6. The molecule has 108 valence electrons. The highest BCUT2D eigenvalue weighted by Gasteiger charge is 2.18. The van der Waals surface area contributed by atoms with E-state index in [0.717, 1.165) is 42.7 Å². The quantitative estimate of drug-likeness (QED) is 0.837. The van der Waals surface area contributed by atoms with E-state index in [-0.39, 0.29) is 12.0 Å². The summed E-state index contributed by atoms with van der Waals surface area (Å²) in [4.78, 5) is 12.4. The topological polar surface area (TPSA) is 64.3 Å². The van der Waals surface area contributed by atoms with Gasteiger partial charge in [-0.05, 0) is 37.8 Å². The highest BCUT2D eigenvalue weighted by Crippen LogP contribution is 2.19. The number of hydrogen-bond donors (Lipinski definition) is 2. The lowest BCUT2D eigenvalue weighted by Crippen LogP contribution is -2.25. The Morgan fingerprint density at radius 3 is 2.95 bits per heavy atom. The Hall–Kier alpha value is -1.46. The van der Waals surface area contributed by atoms with Crippen LogP contribution in [0.25, 0.3) is 0 Å². The molecule has 20 heavy (non-hydrogen) atoms. The van der Waals surface area contributed by atoms with Crippen LogP contribution in [0.1, 0.15) is 36.8 Å². The molecule has 0 aromatic heterocycles. The molecule has 1 unspecified atom stereocenters. The molecule has 1 saturated heterocycles. The van der Waals surface area contributed by atoms with Crippen LogP contribution in [-0.2, 0) is 9.53 Å². The van der Waals surface area contributed by atoms with E-state index in [1.807, 2.05) is 25.1 Å². The van der Waals surface area contributed by atoms with Gasteiger partial charge >= 0.3 is 0 Å². The molecule has 2 rings (SSSR count). The molecule has 1 atom stereocenters. The van der Waals surface area contributed by atoms with Crippen LogP contribution < -0.4 is 11.1 Å². The predicted molar refractivity (Wildman–Crippen MR) is 83.9 cm³/mol. The molecule has 0 spiro atoms. The average Bonchev–Trinajstić information content (AvgIpc) is 2.42. The van der Waals surface area contributed by atoms with E-state index in [1.54, 1.807) is 0 Å². The first-order valence-electron chi connectivity index (χ1n) is 6.88. The lowest BCUT2D eigenvalue weighted by molar-refractivity contribution is -0.119. The van der Waals surface area contributed by atoms with Crippen molar-refractivity contribution in [2.45, 2.75) is 38.7 Å². The van der Waals surface area contributed by atoms with Crippen molar-refractivity contribution in [1.29, 1.82) is 0 Å². The van der Waals surface area contributed by atoms with E-state index in [9.17, 15) is 4.79 Å². The molecule has 1 amide bonds. The smallest absolute Gasteiger partial charge is 0.226 e. The maximum Gasteiger partial charge on any atom is 0.226 e. The Balaban J connectivity index is 1.99. The van der Waals surface area contributed by atoms with Crippen molar-refractivity contribution in [3.63, 3.8) is 0 Å². The van der Waals surface area contributed by atoms with Gasteiger partial charge < -0.3 is 15.8 Å². The molecular weight excluding hydrogens is 272 g/mol. The van der Waals surface area contributed by atoms with E-state index >= 15 is 0 Å². The van der Waals surface area contributed by atoms with Gasteiger partial charge in [0.1, 0.15) is 4.99 Å². The van der Waals surface area contributed by atoms with Gasteiger partial charge in [-0.2, -0.15) is 0 Å². The van der Waals surface area contributed by atoms with Gasteiger partial charge in [0, 0.05) is 17.9 Å². The monoisotopic (exact) mass is 292 g/mol. The average molecular weight is 292 g/mol. The third kappa shape index (κ3) is 4.02. The summed E-state index contributed by atoms with van der Waals surface area (Å²) in [5.74, 6) is -0.0277. The standard InChI is InChI=1S/C15H20N2O2S/c1-10-5-6-11(15(16)20)8-13(10)17-14(18)9-12-4-2-3-7-19-12/h5-6,8,12H,2-4,7,9H2,1H3,(H2,16,20)(H,17,18). The molecule has 1 aliphatic heterocycles. The zero-order valence-corrected chi connectivity index (χ0v) is 12.5. The fourth-order valence-corrected chi connectivity index (χ4v) is 2.41. The second kappa shape index (κ2) is 6.81. The van der Waals surface area contributed by atoms with Gasteiger partial charge in [-0.15, -0.1) is 0 Å². The van der Waals surface area contributed by atoms with Crippen LogP contribution in [-0.4, -0.2) is 23.6 Å². The summed E-state index contributed by atoms with van der Waals surface area (Å²) in [6.45, 7) is 2.70. The van der Waals surface area contributed by atoms with Crippen LogP contribution >= 0.6 is 12.2 Å². The van der Waals surface area contributed by atoms with Gasteiger partial charge in [-0.1, -0.05) is 24.4 Å². The molecule has 3 N–H and O–H groups in total. The van der Waals surface area contributed by atoms with Gasteiger partial charge in [0.2, 0.25) is 5.91 Å². The maximum atomic E-state index is 12.1. The number of nitrogens with two attached hydrogens (primary N) is 1. The van der Waals surface area contributed by atoms with Crippen molar-refractivity contribution >= 4 is 28.8 Å². The van der Waals surface area contributed by atoms with Gasteiger partial charge in [-0.25, -0.2) is 0 Å².